The van der Waals surface area contributed by atoms with Gasteiger partial charge in [-0.1, -0.05) is 52.3 Å². The second-order valence-corrected chi connectivity index (χ2v) is 7.48. The number of anilines is 1. The molecule has 5 rings (SSSR count). The van der Waals surface area contributed by atoms with Crippen molar-refractivity contribution in [1.29, 1.82) is 0 Å². The van der Waals surface area contributed by atoms with Crippen LogP contribution < -0.4 is 14.4 Å². The van der Waals surface area contributed by atoms with Crippen LogP contribution in [0, 0.1) is 0 Å². The number of hydrogen-bond acceptors (Lipinski definition) is 4. The first-order valence-electron chi connectivity index (χ1n) is 9.04. The third kappa shape index (κ3) is 3.32. The van der Waals surface area contributed by atoms with Crippen molar-refractivity contribution in [1.82, 2.24) is 0 Å². The molecule has 2 aliphatic rings. The van der Waals surface area contributed by atoms with Crippen molar-refractivity contribution in [3.8, 4) is 11.5 Å². The van der Waals surface area contributed by atoms with Gasteiger partial charge in [0.05, 0.1) is 5.69 Å². The van der Waals surface area contributed by atoms with Crippen LogP contribution in [0.1, 0.15) is 11.1 Å². The predicted molar refractivity (Wildman–Crippen MR) is 115 cm³/mol. The first-order valence-corrected chi connectivity index (χ1v) is 9.84. The summed E-state index contributed by atoms with van der Waals surface area (Å²) in [7, 11) is 0. The molecule has 0 bridgehead atoms. The van der Waals surface area contributed by atoms with E-state index in [2.05, 4.69) is 20.9 Å². The average Bonchev–Trinajstić information content (AvgIpc) is 3.34. The zero-order valence-corrected chi connectivity index (χ0v) is 16.8. The number of rotatable bonds is 3. The third-order valence-electron chi connectivity index (χ3n) is 4.68. The Morgan fingerprint density at radius 3 is 2.48 bits per heavy atom. The van der Waals surface area contributed by atoms with E-state index in [0.717, 1.165) is 21.3 Å². The Morgan fingerprint density at radius 2 is 1.69 bits per heavy atom. The minimum Gasteiger partial charge on any atom is -0.454 e. The fourth-order valence-electron chi connectivity index (χ4n) is 3.29. The summed E-state index contributed by atoms with van der Waals surface area (Å²) in [5, 5.41) is 0. The predicted octanol–water partition coefficient (Wildman–Crippen LogP) is 5.01. The van der Waals surface area contributed by atoms with Gasteiger partial charge >= 0.3 is 0 Å². The van der Waals surface area contributed by atoms with Gasteiger partial charge in [0.1, 0.15) is 11.5 Å². The van der Waals surface area contributed by atoms with Crippen molar-refractivity contribution in [3.05, 3.63) is 94.1 Å². The van der Waals surface area contributed by atoms with Crippen molar-refractivity contribution in [2.24, 2.45) is 4.99 Å². The van der Waals surface area contributed by atoms with Gasteiger partial charge in [-0.15, -0.1) is 0 Å². The fraction of sp³-hybridized carbons (Fsp3) is 0.0435. The number of amides is 1. The summed E-state index contributed by atoms with van der Waals surface area (Å²) in [6.45, 7) is 0.210. The van der Waals surface area contributed by atoms with E-state index in [1.54, 1.807) is 11.0 Å². The Balaban J connectivity index is 1.59. The van der Waals surface area contributed by atoms with Gasteiger partial charge in [0.2, 0.25) is 6.79 Å². The van der Waals surface area contributed by atoms with Crippen LogP contribution in [0.2, 0.25) is 0 Å². The number of halogens is 1. The van der Waals surface area contributed by atoms with Crippen LogP contribution >= 0.6 is 15.9 Å². The molecule has 0 fully saturated rings. The van der Waals surface area contributed by atoms with Crippen LogP contribution in [0.5, 0.6) is 11.5 Å². The SMILES string of the molecule is O=C1/C(=C\c2ccc3c(c2)OCO3)N=C(c2ccccc2)N1c1ccc(Br)cc1. The molecular formula is C23H15BrN2O3. The number of fused-ring (bicyclic) bond motifs is 1. The lowest BCUT2D eigenvalue weighted by molar-refractivity contribution is -0.113. The first-order chi connectivity index (χ1) is 14.2. The largest absolute Gasteiger partial charge is 0.454 e. The van der Waals surface area contributed by atoms with Gasteiger partial charge in [0.25, 0.3) is 5.91 Å². The lowest BCUT2D eigenvalue weighted by Crippen LogP contribution is -2.32. The molecule has 0 saturated carbocycles. The second kappa shape index (κ2) is 7.22. The van der Waals surface area contributed by atoms with Gasteiger partial charge in [0, 0.05) is 10.0 Å². The van der Waals surface area contributed by atoms with Gasteiger partial charge in [-0.2, -0.15) is 0 Å². The molecule has 0 atom stereocenters. The molecule has 0 unspecified atom stereocenters. The molecular weight excluding hydrogens is 432 g/mol. The van der Waals surface area contributed by atoms with Crippen molar-refractivity contribution < 1.29 is 14.3 Å². The van der Waals surface area contributed by atoms with Crippen molar-refractivity contribution in [2.45, 2.75) is 0 Å². The molecule has 1 amide bonds. The molecule has 142 valence electrons. The smallest absolute Gasteiger partial charge is 0.282 e. The highest BCUT2D eigenvalue weighted by Gasteiger charge is 2.32. The molecule has 2 heterocycles. The van der Waals surface area contributed by atoms with Crippen molar-refractivity contribution in [3.63, 3.8) is 0 Å². The van der Waals surface area contributed by atoms with E-state index in [0.29, 0.717) is 23.0 Å². The Hall–Kier alpha value is -3.38. The molecule has 0 spiro atoms. The highest BCUT2D eigenvalue weighted by Crippen LogP contribution is 2.34. The quantitative estimate of drug-likeness (QED) is 0.531. The zero-order chi connectivity index (χ0) is 19.8. The standard InChI is InChI=1S/C23H15BrN2O3/c24-17-7-9-18(10-8-17)26-22(16-4-2-1-3-5-16)25-19(23(26)27)12-15-6-11-20-21(13-15)29-14-28-20/h1-13H,14H2/b19-12+. The van der Waals surface area contributed by atoms with E-state index in [1.165, 1.54) is 0 Å². The Labute approximate surface area is 176 Å². The number of aliphatic imine (C=N–C) groups is 1. The second-order valence-electron chi connectivity index (χ2n) is 6.56. The summed E-state index contributed by atoms with van der Waals surface area (Å²) in [4.78, 5) is 19.6. The van der Waals surface area contributed by atoms with Crippen LogP contribution in [-0.2, 0) is 4.79 Å². The Kier molecular flexibility index (Phi) is 4.41. The molecule has 0 aromatic heterocycles. The molecule has 3 aromatic carbocycles. The van der Waals surface area contributed by atoms with Gasteiger partial charge < -0.3 is 9.47 Å². The molecule has 0 aliphatic carbocycles. The van der Waals surface area contributed by atoms with Gasteiger partial charge in [-0.3, -0.25) is 9.69 Å². The topological polar surface area (TPSA) is 51.1 Å². The minimum atomic E-state index is -0.177. The summed E-state index contributed by atoms with van der Waals surface area (Å²) in [5.41, 5.74) is 2.82. The van der Waals surface area contributed by atoms with Gasteiger partial charge in [0.15, 0.2) is 11.5 Å². The van der Waals surface area contributed by atoms with Crippen molar-refractivity contribution in [2.75, 3.05) is 11.7 Å². The van der Waals surface area contributed by atoms with E-state index in [-0.39, 0.29) is 12.7 Å². The molecule has 6 heteroatoms. The maximum Gasteiger partial charge on any atom is 0.282 e. The maximum absolute atomic E-state index is 13.3. The van der Waals surface area contributed by atoms with Gasteiger partial charge in [-0.05, 0) is 48.0 Å². The van der Waals surface area contributed by atoms with Crippen LogP contribution in [-0.4, -0.2) is 18.5 Å². The number of carbonyl (C=O) groups is 1. The zero-order valence-electron chi connectivity index (χ0n) is 15.2. The summed E-state index contributed by atoms with van der Waals surface area (Å²) < 4.78 is 11.7. The van der Waals surface area contributed by atoms with E-state index in [1.807, 2.05) is 72.8 Å². The van der Waals surface area contributed by atoms with Crippen LogP contribution in [0.25, 0.3) is 6.08 Å². The molecule has 2 aliphatic heterocycles. The minimum absolute atomic E-state index is 0.177. The monoisotopic (exact) mass is 446 g/mol. The number of benzene rings is 3. The van der Waals surface area contributed by atoms with Crippen molar-refractivity contribution >= 4 is 39.4 Å². The first kappa shape index (κ1) is 17.7. The normalized spacial score (nSPS) is 16.4. The highest BCUT2D eigenvalue weighted by atomic mass is 79.9. The van der Waals surface area contributed by atoms with Crippen LogP contribution in [0.3, 0.4) is 0 Å². The summed E-state index contributed by atoms with van der Waals surface area (Å²) >= 11 is 3.44. The average molecular weight is 447 g/mol. The Bertz CT molecular complexity index is 1150. The maximum atomic E-state index is 13.3. The lowest BCUT2D eigenvalue weighted by atomic mass is 10.1. The number of nitrogens with zero attached hydrogens (tertiary/aromatic N) is 2. The van der Waals surface area contributed by atoms with E-state index in [4.69, 9.17) is 9.47 Å². The highest BCUT2D eigenvalue weighted by molar-refractivity contribution is 9.10. The number of carbonyl (C=O) groups excluding carboxylic acids is 1. The lowest BCUT2D eigenvalue weighted by Gasteiger charge is -2.18. The van der Waals surface area contributed by atoms with Gasteiger partial charge in [-0.25, -0.2) is 4.99 Å². The van der Waals surface area contributed by atoms with E-state index < -0.39 is 0 Å². The third-order valence-corrected chi connectivity index (χ3v) is 5.21. The molecule has 0 N–H and O–H groups in total. The molecule has 29 heavy (non-hydrogen) atoms. The molecule has 0 radical (unpaired) electrons. The summed E-state index contributed by atoms with van der Waals surface area (Å²) in [6, 6.07) is 22.9. The summed E-state index contributed by atoms with van der Waals surface area (Å²) in [5.74, 6) is 1.80. The molecule has 0 saturated heterocycles. The van der Waals surface area contributed by atoms with Crippen LogP contribution in [0.15, 0.2) is 88.0 Å². The summed E-state index contributed by atoms with van der Waals surface area (Å²) in [6.07, 6.45) is 1.77. The number of amidine groups is 1. The fourth-order valence-corrected chi connectivity index (χ4v) is 3.55. The number of hydrogen-bond donors (Lipinski definition) is 0. The van der Waals surface area contributed by atoms with Crippen LogP contribution in [0.4, 0.5) is 5.69 Å². The molecule has 5 nitrogen and oxygen atoms in total. The number of ether oxygens (including phenoxy) is 2. The van der Waals surface area contributed by atoms with E-state index in [9.17, 15) is 4.79 Å². The van der Waals surface area contributed by atoms with E-state index >= 15 is 0 Å². The Morgan fingerprint density at radius 1 is 0.931 bits per heavy atom. The molecule has 3 aromatic rings.